The molecule has 2 heterocycles. The van der Waals surface area contributed by atoms with Gasteiger partial charge in [0.15, 0.2) is 6.17 Å². The fourth-order valence-electron chi connectivity index (χ4n) is 3.10. The van der Waals surface area contributed by atoms with Crippen molar-refractivity contribution in [1.29, 1.82) is 0 Å². The fourth-order valence-corrected chi connectivity index (χ4v) is 3.10. The van der Waals surface area contributed by atoms with Gasteiger partial charge in [-0.25, -0.2) is 9.47 Å². The molecule has 114 valence electrons. The number of allylic oxidation sites excluding steroid dienone is 1. The van der Waals surface area contributed by atoms with E-state index in [9.17, 15) is 0 Å². The molecule has 0 spiro atoms. The van der Waals surface area contributed by atoms with Gasteiger partial charge in [-0.05, 0) is 38.5 Å². The quantitative estimate of drug-likeness (QED) is 0.785. The van der Waals surface area contributed by atoms with E-state index < -0.39 is 0 Å². The number of nitrogens with zero attached hydrogens (tertiary/aromatic N) is 3. The Morgan fingerprint density at radius 3 is 2.36 bits per heavy atom. The van der Waals surface area contributed by atoms with Gasteiger partial charge in [-0.3, -0.25) is 0 Å². The van der Waals surface area contributed by atoms with Gasteiger partial charge in [-0.15, -0.1) is 0 Å². The molecule has 0 unspecified atom stereocenters. The van der Waals surface area contributed by atoms with E-state index in [0.29, 0.717) is 6.17 Å². The van der Waals surface area contributed by atoms with Gasteiger partial charge in [0.05, 0.1) is 12.7 Å². The summed E-state index contributed by atoms with van der Waals surface area (Å²) < 4.78 is 2.28. The first kappa shape index (κ1) is 14.6. The Morgan fingerprint density at radius 2 is 1.73 bits per heavy atom. The standard InChI is InChI=1S/C19H24N3/c1-14-9-6-7-10-17(14)18-11-8-12-19(21(18)5)22-13-15(2)20(4)16(22)3/h6-13,16H,1-5H3/q+1/t16-/m1/s1. The summed E-state index contributed by atoms with van der Waals surface area (Å²) in [7, 11) is 4.28. The molecule has 2 aromatic rings. The van der Waals surface area contributed by atoms with Gasteiger partial charge < -0.3 is 4.90 Å². The Balaban J connectivity index is 2.10. The van der Waals surface area contributed by atoms with Crippen LogP contribution in [-0.4, -0.2) is 18.1 Å². The van der Waals surface area contributed by atoms with Crippen molar-refractivity contribution in [1.82, 2.24) is 4.90 Å². The van der Waals surface area contributed by atoms with Crippen LogP contribution < -0.4 is 9.47 Å². The SMILES string of the molecule is CC1=CN(c2cccc(-c3ccccc3C)[n+]2C)[C@H](C)N1C. The summed E-state index contributed by atoms with van der Waals surface area (Å²) in [6, 6.07) is 15.1. The van der Waals surface area contributed by atoms with E-state index in [1.54, 1.807) is 0 Å². The molecule has 0 radical (unpaired) electrons. The molecule has 22 heavy (non-hydrogen) atoms. The second-order valence-corrected chi connectivity index (χ2v) is 6.06. The summed E-state index contributed by atoms with van der Waals surface area (Å²) in [5, 5.41) is 0. The van der Waals surface area contributed by atoms with Crippen LogP contribution in [0.3, 0.4) is 0 Å². The van der Waals surface area contributed by atoms with Crippen molar-refractivity contribution in [2.24, 2.45) is 7.05 Å². The lowest BCUT2D eigenvalue weighted by Crippen LogP contribution is -2.43. The summed E-state index contributed by atoms with van der Waals surface area (Å²) in [5.74, 6) is 1.21. The average molecular weight is 294 g/mol. The van der Waals surface area contributed by atoms with Crippen LogP contribution in [0, 0.1) is 6.92 Å². The van der Waals surface area contributed by atoms with E-state index in [1.807, 2.05) is 0 Å². The van der Waals surface area contributed by atoms with Crippen LogP contribution in [0.15, 0.2) is 54.4 Å². The molecule has 0 N–H and O–H groups in total. The van der Waals surface area contributed by atoms with Crippen molar-refractivity contribution in [2.45, 2.75) is 26.9 Å². The first-order valence-electron chi connectivity index (χ1n) is 7.75. The van der Waals surface area contributed by atoms with Gasteiger partial charge in [-0.1, -0.05) is 24.3 Å². The molecule has 0 amide bonds. The van der Waals surface area contributed by atoms with Crippen LogP contribution in [0.1, 0.15) is 19.4 Å². The van der Waals surface area contributed by atoms with Gasteiger partial charge in [0.1, 0.15) is 11.9 Å². The highest BCUT2D eigenvalue weighted by Crippen LogP contribution is 2.27. The number of hydrogen-bond donors (Lipinski definition) is 0. The van der Waals surface area contributed by atoms with Crippen LogP contribution in [-0.2, 0) is 7.05 Å². The van der Waals surface area contributed by atoms with E-state index in [1.165, 1.54) is 28.3 Å². The summed E-state index contributed by atoms with van der Waals surface area (Å²) in [6.45, 7) is 6.55. The van der Waals surface area contributed by atoms with Gasteiger partial charge in [0.25, 0.3) is 5.82 Å². The molecule has 0 saturated heterocycles. The van der Waals surface area contributed by atoms with Crippen LogP contribution in [0.2, 0.25) is 0 Å². The first-order chi connectivity index (χ1) is 10.5. The Hall–Kier alpha value is -2.29. The van der Waals surface area contributed by atoms with Gasteiger partial charge in [0.2, 0.25) is 0 Å². The third-order valence-corrected chi connectivity index (χ3v) is 4.74. The predicted octanol–water partition coefficient (Wildman–Crippen LogP) is 3.45. The number of aromatic nitrogens is 1. The minimum absolute atomic E-state index is 0.332. The topological polar surface area (TPSA) is 10.4 Å². The normalized spacial score (nSPS) is 17.9. The van der Waals surface area contributed by atoms with Crippen molar-refractivity contribution in [2.75, 3.05) is 11.9 Å². The molecule has 1 atom stereocenters. The zero-order valence-electron chi connectivity index (χ0n) is 14.0. The maximum absolute atomic E-state index is 2.33. The molecule has 0 fully saturated rings. The molecule has 0 bridgehead atoms. The van der Waals surface area contributed by atoms with Crippen molar-refractivity contribution >= 4 is 5.82 Å². The highest BCUT2D eigenvalue weighted by molar-refractivity contribution is 5.61. The molecule has 1 aliphatic heterocycles. The maximum Gasteiger partial charge on any atom is 0.283 e. The molecule has 3 nitrogen and oxygen atoms in total. The molecule has 3 rings (SSSR count). The molecule has 0 aliphatic carbocycles. The largest absolute Gasteiger partial charge is 0.337 e. The Labute approximate surface area is 133 Å². The number of pyridine rings is 1. The Morgan fingerprint density at radius 1 is 1.00 bits per heavy atom. The van der Waals surface area contributed by atoms with Crippen LogP contribution in [0.5, 0.6) is 0 Å². The predicted molar refractivity (Wildman–Crippen MR) is 91.3 cm³/mol. The monoisotopic (exact) mass is 294 g/mol. The minimum Gasteiger partial charge on any atom is -0.337 e. The van der Waals surface area contributed by atoms with Crippen LogP contribution in [0.4, 0.5) is 5.82 Å². The summed E-state index contributed by atoms with van der Waals surface area (Å²) in [4.78, 5) is 4.62. The van der Waals surface area contributed by atoms with E-state index in [4.69, 9.17) is 0 Å². The second-order valence-electron chi connectivity index (χ2n) is 6.06. The highest BCUT2D eigenvalue weighted by Gasteiger charge is 2.33. The van der Waals surface area contributed by atoms with E-state index >= 15 is 0 Å². The smallest absolute Gasteiger partial charge is 0.283 e. The zero-order valence-corrected chi connectivity index (χ0v) is 14.0. The number of rotatable bonds is 2. The van der Waals surface area contributed by atoms with Crippen molar-refractivity contribution < 1.29 is 4.57 Å². The first-order valence-corrected chi connectivity index (χ1v) is 7.75. The molecular weight excluding hydrogens is 270 g/mol. The third-order valence-electron chi connectivity index (χ3n) is 4.74. The minimum atomic E-state index is 0.332. The lowest BCUT2D eigenvalue weighted by molar-refractivity contribution is -0.647. The van der Waals surface area contributed by atoms with E-state index in [2.05, 4.69) is 97.9 Å². The fraction of sp³-hybridized carbons (Fsp3) is 0.316. The number of hydrogen-bond acceptors (Lipinski definition) is 2. The van der Waals surface area contributed by atoms with Crippen LogP contribution >= 0.6 is 0 Å². The number of benzene rings is 1. The molecule has 1 aliphatic rings. The molecular formula is C19H24N3+. The van der Waals surface area contributed by atoms with Crippen molar-refractivity contribution in [3.8, 4) is 11.3 Å². The Kier molecular flexibility index (Phi) is 3.65. The molecule has 3 heteroatoms. The lowest BCUT2D eigenvalue weighted by Gasteiger charge is -2.23. The second kappa shape index (κ2) is 5.48. The van der Waals surface area contributed by atoms with E-state index in [-0.39, 0.29) is 0 Å². The van der Waals surface area contributed by atoms with Crippen molar-refractivity contribution in [3.05, 3.63) is 59.9 Å². The highest BCUT2D eigenvalue weighted by atomic mass is 15.4. The Bertz CT molecular complexity index is 733. The molecule has 0 saturated carbocycles. The summed E-state index contributed by atoms with van der Waals surface area (Å²) >= 11 is 0. The van der Waals surface area contributed by atoms with Gasteiger partial charge in [-0.2, -0.15) is 0 Å². The zero-order chi connectivity index (χ0) is 15.9. The lowest BCUT2D eigenvalue weighted by atomic mass is 10.0. The third kappa shape index (κ3) is 2.27. The summed E-state index contributed by atoms with van der Waals surface area (Å²) in [6.07, 6.45) is 2.56. The number of anilines is 1. The number of aryl methyl sites for hydroxylation is 1. The summed E-state index contributed by atoms with van der Waals surface area (Å²) in [5.41, 5.74) is 5.11. The molecule has 1 aromatic heterocycles. The molecule has 1 aromatic carbocycles. The average Bonchev–Trinajstić information content (AvgIpc) is 2.76. The maximum atomic E-state index is 2.33. The van der Waals surface area contributed by atoms with Gasteiger partial charge in [0, 0.05) is 18.7 Å². The van der Waals surface area contributed by atoms with Crippen molar-refractivity contribution in [3.63, 3.8) is 0 Å². The van der Waals surface area contributed by atoms with Gasteiger partial charge >= 0.3 is 0 Å². The van der Waals surface area contributed by atoms with E-state index in [0.717, 1.165) is 0 Å². The van der Waals surface area contributed by atoms with Crippen LogP contribution in [0.25, 0.3) is 11.3 Å².